The number of benzene rings is 3. The van der Waals surface area contributed by atoms with Crippen LogP contribution < -0.4 is 4.72 Å². The van der Waals surface area contributed by atoms with Gasteiger partial charge in [0.2, 0.25) is 0 Å². The third-order valence-corrected chi connectivity index (χ3v) is 9.89. The highest BCUT2D eigenvalue weighted by Crippen LogP contribution is 2.39. The smallest absolute Gasteiger partial charge is 0.289 e. The summed E-state index contributed by atoms with van der Waals surface area (Å²) in [4.78, 5) is 12.3. The lowest BCUT2D eigenvalue weighted by molar-refractivity contribution is 0.103. The highest BCUT2D eigenvalue weighted by atomic mass is 35.5. The van der Waals surface area contributed by atoms with Gasteiger partial charge in [0, 0.05) is 26.2 Å². The molecule has 2 N–H and O–H groups in total. The molecule has 0 spiro atoms. The van der Waals surface area contributed by atoms with Gasteiger partial charge in [0.25, 0.3) is 20.1 Å². The van der Waals surface area contributed by atoms with Crippen LogP contribution in [0.1, 0.15) is 27.0 Å². The number of rotatable bonds is 6. The van der Waals surface area contributed by atoms with Crippen LogP contribution in [-0.4, -0.2) is 27.2 Å². The second-order valence-electron chi connectivity index (χ2n) is 7.52. The minimum atomic E-state index is -4.86. The van der Waals surface area contributed by atoms with E-state index in [-0.39, 0.29) is 26.6 Å². The number of fused-ring (bicyclic) bond motifs is 1. The van der Waals surface area contributed by atoms with Gasteiger partial charge in [-0.1, -0.05) is 48.0 Å². The Bertz CT molecular complexity index is 1660. The molecular formula is C23H18ClNO6S3. The third-order valence-electron chi connectivity index (χ3n) is 5.29. The van der Waals surface area contributed by atoms with Gasteiger partial charge in [-0.15, -0.1) is 11.3 Å². The fraction of sp³-hybridized carbons (Fsp3) is 0.0870. The van der Waals surface area contributed by atoms with E-state index in [1.165, 1.54) is 31.2 Å². The summed E-state index contributed by atoms with van der Waals surface area (Å²) in [6.07, 6.45) is 0. The lowest BCUT2D eigenvalue weighted by Crippen LogP contribution is -2.17. The average molecular weight is 536 g/mol. The van der Waals surface area contributed by atoms with Crippen LogP contribution in [-0.2, 0) is 20.1 Å². The molecule has 4 aromatic rings. The van der Waals surface area contributed by atoms with Crippen LogP contribution in [0.5, 0.6) is 0 Å². The predicted octanol–water partition coefficient (Wildman–Crippen LogP) is 5.45. The number of aryl methyl sites for hydroxylation is 1. The maximum atomic E-state index is 13.2. The SMILES string of the molecule is Cc1c(NS(=O)(=O)c2sc3cccc(Cl)c3c2C)ccc(C(=O)c2ccccc2)c1S(=O)(=O)O. The average Bonchev–Trinajstić information content (AvgIpc) is 3.13. The van der Waals surface area contributed by atoms with Crippen LogP contribution in [0.15, 0.2) is 69.8 Å². The van der Waals surface area contributed by atoms with Gasteiger partial charge in [-0.25, -0.2) is 8.42 Å². The van der Waals surface area contributed by atoms with E-state index in [1.54, 1.807) is 43.3 Å². The van der Waals surface area contributed by atoms with Crippen molar-refractivity contribution in [2.75, 3.05) is 4.72 Å². The molecule has 0 aliphatic heterocycles. The molecule has 176 valence electrons. The number of anilines is 1. The Hall–Kier alpha value is -2.76. The molecule has 0 aliphatic carbocycles. The van der Waals surface area contributed by atoms with Crippen LogP contribution >= 0.6 is 22.9 Å². The summed E-state index contributed by atoms with van der Waals surface area (Å²) in [6, 6.07) is 15.6. The van der Waals surface area contributed by atoms with Crippen molar-refractivity contribution in [3.8, 4) is 0 Å². The molecule has 1 heterocycles. The lowest BCUT2D eigenvalue weighted by Gasteiger charge is -2.15. The van der Waals surface area contributed by atoms with Crippen LogP contribution in [0.3, 0.4) is 0 Å². The van der Waals surface area contributed by atoms with Crippen molar-refractivity contribution in [1.82, 2.24) is 0 Å². The molecule has 11 heteroatoms. The highest BCUT2D eigenvalue weighted by molar-refractivity contribution is 7.95. The molecule has 0 bridgehead atoms. The summed E-state index contributed by atoms with van der Waals surface area (Å²) in [7, 11) is -9.01. The fourth-order valence-corrected chi connectivity index (χ4v) is 7.95. The molecule has 0 saturated carbocycles. The molecule has 0 unspecified atom stereocenters. The normalized spacial score (nSPS) is 12.1. The monoisotopic (exact) mass is 535 g/mol. The van der Waals surface area contributed by atoms with Gasteiger partial charge in [0.15, 0.2) is 5.78 Å². The Morgan fingerprint density at radius 2 is 1.59 bits per heavy atom. The number of thiophene rings is 1. The quantitative estimate of drug-likeness (QED) is 0.250. The van der Waals surface area contributed by atoms with E-state index < -0.39 is 30.8 Å². The molecule has 34 heavy (non-hydrogen) atoms. The van der Waals surface area contributed by atoms with E-state index in [9.17, 15) is 26.2 Å². The zero-order valence-electron chi connectivity index (χ0n) is 17.9. The number of carbonyl (C=O) groups is 1. The summed E-state index contributed by atoms with van der Waals surface area (Å²) >= 11 is 7.27. The molecule has 0 fully saturated rings. The van der Waals surface area contributed by atoms with E-state index in [1.807, 2.05) is 0 Å². The first-order valence-electron chi connectivity index (χ1n) is 9.83. The van der Waals surface area contributed by atoms with Crippen LogP contribution in [0.25, 0.3) is 10.1 Å². The van der Waals surface area contributed by atoms with Crippen molar-refractivity contribution < 1.29 is 26.2 Å². The van der Waals surface area contributed by atoms with E-state index >= 15 is 0 Å². The number of carbonyl (C=O) groups excluding carboxylic acids is 1. The van der Waals surface area contributed by atoms with Crippen molar-refractivity contribution in [1.29, 1.82) is 0 Å². The molecule has 0 saturated heterocycles. The summed E-state index contributed by atoms with van der Waals surface area (Å²) in [5, 5.41) is 1.04. The van der Waals surface area contributed by atoms with Crippen molar-refractivity contribution in [3.63, 3.8) is 0 Å². The second-order valence-corrected chi connectivity index (χ2v) is 12.2. The Balaban J connectivity index is 1.83. The maximum absolute atomic E-state index is 13.2. The second kappa shape index (κ2) is 8.79. The molecule has 0 radical (unpaired) electrons. The molecular weight excluding hydrogens is 518 g/mol. The number of hydrogen-bond donors (Lipinski definition) is 2. The number of halogens is 1. The summed E-state index contributed by atoms with van der Waals surface area (Å²) in [6.45, 7) is 2.95. The van der Waals surface area contributed by atoms with Gasteiger partial charge in [0.1, 0.15) is 9.10 Å². The molecule has 7 nitrogen and oxygen atoms in total. The highest BCUT2D eigenvalue weighted by Gasteiger charge is 2.28. The van der Waals surface area contributed by atoms with E-state index in [4.69, 9.17) is 11.6 Å². The molecule has 4 rings (SSSR count). The zero-order valence-corrected chi connectivity index (χ0v) is 21.1. The molecule has 0 amide bonds. The maximum Gasteiger partial charge on any atom is 0.295 e. The van der Waals surface area contributed by atoms with Crippen molar-refractivity contribution >= 4 is 64.6 Å². The Labute approximate surface area is 205 Å². The zero-order chi connectivity index (χ0) is 24.8. The predicted molar refractivity (Wildman–Crippen MR) is 133 cm³/mol. The number of nitrogens with one attached hydrogen (secondary N) is 1. The first kappa shape index (κ1) is 24.4. The van der Waals surface area contributed by atoms with E-state index in [2.05, 4.69) is 4.72 Å². The Morgan fingerprint density at radius 1 is 0.912 bits per heavy atom. The molecule has 1 aromatic heterocycles. The van der Waals surface area contributed by atoms with Crippen LogP contribution in [0, 0.1) is 13.8 Å². The van der Waals surface area contributed by atoms with Crippen LogP contribution in [0.4, 0.5) is 5.69 Å². The minimum absolute atomic E-state index is 0.0212. The standard InChI is InChI=1S/C23H18ClNO6S3/c1-13-18(25-33(27,28)23-14(2)20-17(24)9-6-10-19(20)32-23)12-11-16(22(13)34(29,30)31)21(26)15-7-4-3-5-8-15/h3-12,25H,1-2H3,(H,29,30,31). The topological polar surface area (TPSA) is 118 Å². The van der Waals surface area contributed by atoms with Gasteiger partial charge >= 0.3 is 0 Å². The molecule has 3 aromatic carbocycles. The van der Waals surface area contributed by atoms with Gasteiger partial charge in [0.05, 0.1) is 5.69 Å². The van der Waals surface area contributed by atoms with Gasteiger partial charge in [-0.05, 0) is 49.2 Å². The van der Waals surface area contributed by atoms with Crippen molar-refractivity contribution in [2.45, 2.75) is 23.0 Å². The number of sulfonamides is 1. The summed E-state index contributed by atoms with van der Waals surface area (Å²) < 4.78 is 63.9. The molecule has 0 atom stereocenters. The van der Waals surface area contributed by atoms with Crippen LogP contribution in [0.2, 0.25) is 5.02 Å². The van der Waals surface area contributed by atoms with E-state index in [0.717, 1.165) is 11.3 Å². The molecule has 0 aliphatic rings. The Morgan fingerprint density at radius 3 is 2.21 bits per heavy atom. The number of ketones is 1. The van der Waals surface area contributed by atoms with Crippen molar-refractivity contribution in [3.05, 3.63) is 87.9 Å². The Kier molecular flexibility index (Phi) is 6.30. The minimum Gasteiger partial charge on any atom is -0.289 e. The first-order chi connectivity index (χ1) is 15.9. The first-order valence-corrected chi connectivity index (χ1v) is 13.9. The summed E-state index contributed by atoms with van der Waals surface area (Å²) in [5.41, 5.74) is 0.225. The largest absolute Gasteiger partial charge is 0.295 e. The van der Waals surface area contributed by atoms with Gasteiger partial charge in [-0.3, -0.25) is 14.1 Å². The summed E-state index contributed by atoms with van der Waals surface area (Å²) in [5.74, 6) is -0.624. The van der Waals surface area contributed by atoms with E-state index in [0.29, 0.717) is 20.7 Å². The lowest BCUT2D eigenvalue weighted by atomic mass is 10.0. The van der Waals surface area contributed by atoms with Gasteiger partial charge in [-0.2, -0.15) is 8.42 Å². The number of hydrogen-bond acceptors (Lipinski definition) is 6. The third kappa shape index (κ3) is 4.35. The fourth-order valence-electron chi connectivity index (χ4n) is 3.74. The van der Waals surface area contributed by atoms with Gasteiger partial charge < -0.3 is 0 Å². The van der Waals surface area contributed by atoms with Crippen molar-refractivity contribution in [2.24, 2.45) is 0 Å².